The van der Waals surface area contributed by atoms with Crippen molar-refractivity contribution >= 4 is 11.7 Å². The van der Waals surface area contributed by atoms with E-state index in [0.29, 0.717) is 11.5 Å². The smallest absolute Gasteiger partial charge is 0.272 e. The molecule has 0 spiro atoms. The average Bonchev–Trinajstić information content (AvgIpc) is 2.44. The molecule has 1 aromatic rings. The summed E-state index contributed by atoms with van der Waals surface area (Å²) in [6, 6.07) is 1.75. The summed E-state index contributed by atoms with van der Waals surface area (Å²) in [6.07, 6.45) is 1.02. The quantitative estimate of drug-likeness (QED) is 0.889. The molecular formula is C14H23N5O. The van der Waals surface area contributed by atoms with E-state index in [1.807, 2.05) is 11.8 Å². The number of aryl methyl sites for hydroxylation is 1. The number of carbonyl (C=O) groups excluding carboxylic acids is 1. The molecule has 1 amide bonds. The molecule has 1 N–H and O–H groups in total. The molecule has 0 aromatic carbocycles. The van der Waals surface area contributed by atoms with Gasteiger partial charge >= 0.3 is 0 Å². The molecule has 1 fully saturated rings. The standard InChI is InChI=1S/C14H23N5O/c1-4-5-15-13-10-12(16-11(2)17-13)14(20)19-8-6-18(3)7-9-19/h10H,4-9H2,1-3H3,(H,15,16,17). The number of piperazine rings is 1. The fourth-order valence-corrected chi connectivity index (χ4v) is 2.19. The van der Waals surface area contributed by atoms with Crippen LogP contribution >= 0.6 is 0 Å². The van der Waals surface area contributed by atoms with Gasteiger partial charge in [-0.3, -0.25) is 4.79 Å². The van der Waals surface area contributed by atoms with Crippen LogP contribution in [0, 0.1) is 6.92 Å². The van der Waals surface area contributed by atoms with Crippen LogP contribution in [0.15, 0.2) is 6.07 Å². The van der Waals surface area contributed by atoms with E-state index in [0.717, 1.165) is 45.0 Å². The number of aromatic nitrogens is 2. The molecule has 2 heterocycles. The van der Waals surface area contributed by atoms with Gasteiger partial charge in [0, 0.05) is 38.8 Å². The molecular weight excluding hydrogens is 254 g/mol. The zero-order valence-corrected chi connectivity index (χ0v) is 12.5. The van der Waals surface area contributed by atoms with Crippen molar-refractivity contribution in [1.82, 2.24) is 19.8 Å². The minimum Gasteiger partial charge on any atom is -0.370 e. The van der Waals surface area contributed by atoms with Gasteiger partial charge in [-0.15, -0.1) is 0 Å². The van der Waals surface area contributed by atoms with Crippen LogP contribution in [0.2, 0.25) is 0 Å². The molecule has 0 radical (unpaired) electrons. The van der Waals surface area contributed by atoms with Crippen LogP contribution in [0.3, 0.4) is 0 Å². The van der Waals surface area contributed by atoms with Crippen LogP contribution in [0.1, 0.15) is 29.7 Å². The lowest BCUT2D eigenvalue weighted by atomic mass is 10.2. The molecule has 0 saturated carbocycles. The number of anilines is 1. The number of nitrogens with zero attached hydrogens (tertiary/aromatic N) is 4. The Labute approximate surface area is 120 Å². The summed E-state index contributed by atoms with van der Waals surface area (Å²) in [6.45, 7) is 8.10. The van der Waals surface area contributed by atoms with Gasteiger partial charge in [0.25, 0.3) is 5.91 Å². The third-order valence-electron chi connectivity index (χ3n) is 3.40. The Kier molecular flexibility index (Phi) is 4.89. The first-order chi connectivity index (χ1) is 9.60. The predicted octanol–water partition coefficient (Wildman–Crippen LogP) is 0.995. The number of nitrogens with one attached hydrogen (secondary N) is 1. The maximum absolute atomic E-state index is 12.5. The Bertz CT molecular complexity index is 469. The molecule has 110 valence electrons. The van der Waals surface area contributed by atoms with Crippen LogP contribution in [-0.4, -0.2) is 65.4 Å². The number of hydrogen-bond donors (Lipinski definition) is 1. The molecule has 6 nitrogen and oxygen atoms in total. The molecule has 20 heavy (non-hydrogen) atoms. The highest BCUT2D eigenvalue weighted by molar-refractivity contribution is 5.93. The van der Waals surface area contributed by atoms with Crippen molar-refractivity contribution in [1.29, 1.82) is 0 Å². The minimum atomic E-state index is 0.00292. The Hall–Kier alpha value is -1.69. The van der Waals surface area contributed by atoms with Crippen LogP contribution < -0.4 is 5.32 Å². The van der Waals surface area contributed by atoms with Crippen LogP contribution in [0.4, 0.5) is 5.82 Å². The van der Waals surface area contributed by atoms with Crippen LogP contribution in [-0.2, 0) is 0 Å². The van der Waals surface area contributed by atoms with E-state index in [4.69, 9.17) is 0 Å². The lowest BCUT2D eigenvalue weighted by Gasteiger charge is -2.32. The van der Waals surface area contributed by atoms with E-state index in [9.17, 15) is 4.79 Å². The molecule has 1 aliphatic rings. The van der Waals surface area contributed by atoms with E-state index in [-0.39, 0.29) is 5.91 Å². The summed E-state index contributed by atoms with van der Waals surface area (Å²) in [5.41, 5.74) is 0.487. The number of carbonyl (C=O) groups is 1. The van der Waals surface area contributed by atoms with Crippen molar-refractivity contribution in [2.75, 3.05) is 45.1 Å². The van der Waals surface area contributed by atoms with Gasteiger partial charge < -0.3 is 15.1 Å². The molecule has 0 bridgehead atoms. The first-order valence-electron chi connectivity index (χ1n) is 7.17. The van der Waals surface area contributed by atoms with Crippen molar-refractivity contribution in [3.63, 3.8) is 0 Å². The Balaban J connectivity index is 2.10. The zero-order valence-electron chi connectivity index (χ0n) is 12.5. The first kappa shape index (κ1) is 14.7. The summed E-state index contributed by atoms with van der Waals surface area (Å²) in [4.78, 5) is 25.2. The van der Waals surface area contributed by atoms with Gasteiger partial charge in [0.2, 0.25) is 0 Å². The molecule has 1 saturated heterocycles. The second-order valence-electron chi connectivity index (χ2n) is 5.21. The lowest BCUT2D eigenvalue weighted by Crippen LogP contribution is -2.47. The fourth-order valence-electron chi connectivity index (χ4n) is 2.19. The third kappa shape index (κ3) is 3.66. The highest BCUT2D eigenvalue weighted by Crippen LogP contribution is 2.11. The van der Waals surface area contributed by atoms with Gasteiger partial charge in [-0.2, -0.15) is 0 Å². The van der Waals surface area contributed by atoms with E-state index in [2.05, 4.69) is 34.2 Å². The van der Waals surface area contributed by atoms with E-state index in [1.54, 1.807) is 6.07 Å². The topological polar surface area (TPSA) is 61.4 Å². The summed E-state index contributed by atoms with van der Waals surface area (Å²) in [5, 5.41) is 3.21. The molecule has 6 heteroatoms. The number of rotatable bonds is 4. The average molecular weight is 277 g/mol. The maximum Gasteiger partial charge on any atom is 0.272 e. The van der Waals surface area contributed by atoms with E-state index >= 15 is 0 Å². The summed E-state index contributed by atoms with van der Waals surface area (Å²) < 4.78 is 0. The number of amides is 1. The normalized spacial score (nSPS) is 16.2. The van der Waals surface area contributed by atoms with Crippen molar-refractivity contribution in [2.24, 2.45) is 0 Å². The molecule has 0 atom stereocenters. The second kappa shape index (κ2) is 6.65. The number of hydrogen-bond acceptors (Lipinski definition) is 5. The van der Waals surface area contributed by atoms with E-state index < -0.39 is 0 Å². The van der Waals surface area contributed by atoms with Crippen molar-refractivity contribution in [3.8, 4) is 0 Å². The SMILES string of the molecule is CCCNc1cc(C(=O)N2CCN(C)CC2)nc(C)n1. The monoisotopic (exact) mass is 277 g/mol. The van der Waals surface area contributed by atoms with E-state index in [1.165, 1.54) is 0 Å². The maximum atomic E-state index is 12.5. The Morgan fingerprint density at radius 1 is 1.30 bits per heavy atom. The number of likely N-dealkylation sites (N-methyl/N-ethyl adjacent to an activating group) is 1. The van der Waals surface area contributed by atoms with Gasteiger partial charge in [-0.25, -0.2) is 9.97 Å². The second-order valence-corrected chi connectivity index (χ2v) is 5.21. The van der Waals surface area contributed by atoms with Gasteiger partial charge in [-0.05, 0) is 20.4 Å². The molecule has 0 unspecified atom stereocenters. The van der Waals surface area contributed by atoms with Crippen LogP contribution in [0.5, 0.6) is 0 Å². The molecule has 1 aromatic heterocycles. The fraction of sp³-hybridized carbons (Fsp3) is 0.643. The minimum absolute atomic E-state index is 0.00292. The van der Waals surface area contributed by atoms with Gasteiger partial charge in [0.1, 0.15) is 17.3 Å². The molecule has 1 aliphatic heterocycles. The van der Waals surface area contributed by atoms with Crippen molar-refractivity contribution in [3.05, 3.63) is 17.6 Å². The van der Waals surface area contributed by atoms with Gasteiger partial charge in [0.05, 0.1) is 0 Å². The Morgan fingerprint density at radius 2 is 2.00 bits per heavy atom. The Morgan fingerprint density at radius 3 is 2.65 bits per heavy atom. The van der Waals surface area contributed by atoms with Crippen molar-refractivity contribution in [2.45, 2.75) is 20.3 Å². The van der Waals surface area contributed by atoms with Gasteiger partial charge in [0.15, 0.2) is 0 Å². The highest BCUT2D eigenvalue weighted by Gasteiger charge is 2.22. The summed E-state index contributed by atoms with van der Waals surface area (Å²) >= 11 is 0. The summed E-state index contributed by atoms with van der Waals surface area (Å²) in [5.74, 6) is 1.36. The lowest BCUT2D eigenvalue weighted by molar-refractivity contribution is 0.0658. The van der Waals surface area contributed by atoms with Gasteiger partial charge in [-0.1, -0.05) is 6.92 Å². The first-order valence-corrected chi connectivity index (χ1v) is 7.17. The van der Waals surface area contributed by atoms with Crippen LogP contribution in [0.25, 0.3) is 0 Å². The predicted molar refractivity (Wildman–Crippen MR) is 79.0 cm³/mol. The third-order valence-corrected chi connectivity index (χ3v) is 3.40. The zero-order chi connectivity index (χ0) is 14.5. The molecule has 2 rings (SSSR count). The highest BCUT2D eigenvalue weighted by atomic mass is 16.2. The largest absolute Gasteiger partial charge is 0.370 e. The summed E-state index contributed by atoms with van der Waals surface area (Å²) in [7, 11) is 2.07. The van der Waals surface area contributed by atoms with Crippen molar-refractivity contribution < 1.29 is 4.79 Å². The molecule has 0 aliphatic carbocycles.